The molecule has 1 aliphatic heterocycles. The van der Waals surface area contributed by atoms with E-state index in [1.165, 1.54) is 0 Å². The van der Waals surface area contributed by atoms with Gasteiger partial charge in [-0.05, 0) is 25.1 Å². The first-order valence-electron chi connectivity index (χ1n) is 8.76. The van der Waals surface area contributed by atoms with Crippen LogP contribution in [-0.4, -0.2) is 62.4 Å². The predicted molar refractivity (Wildman–Crippen MR) is 99.6 cm³/mol. The van der Waals surface area contributed by atoms with Crippen molar-refractivity contribution < 1.29 is 14.5 Å². The zero-order valence-electron chi connectivity index (χ0n) is 14.9. The molecule has 0 unspecified atom stereocenters. The number of H-pyrrole nitrogens is 1. The van der Waals surface area contributed by atoms with Crippen molar-refractivity contribution in [1.82, 2.24) is 25.1 Å². The number of hydrogen-bond donors (Lipinski definition) is 2. The first-order chi connectivity index (χ1) is 13.0. The van der Waals surface area contributed by atoms with Crippen molar-refractivity contribution >= 4 is 28.5 Å². The van der Waals surface area contributed by atoms with E-state index in [-0.39, 0.29) is 0 Å². The molecule has 142 valence electrons. The summed E-state index contributed by atoms with van der Waals surface area (Å²) >= 11 is 6.12. The lowest BCUT2D eigenvalue weighted by Crippen LogP contribution is -2.48. The van der Waals surface area contributed by atoms with E-state index in [0.717, 1.165) is 40.9 Å². The summed E-state index contributed by atoms with van der Waals surface area (Å²) in [6.45, 7) is 5.32. The first kappa shape index (κ1) is 18.0. The Morgan fingerprint density at radius 1 is 1.33 bits per heavy atom. The van der Waals surface area contributed by atoms with Crippen LogP contribution in [0, 0.1) is 6.92 Å². The molecule has 2 N–H and O–H groups in total. The highest BCUT2D eigenvalue weighted by Gasteiger charge is 2.32. The molecule has 0 spiro atoms. The lowest BCUT2D eigenvalue weighted by atomic mass is 10.0. The van der Waals surface area contributed by atoms with Crippen molar-refractivity contribution in [2.45, 2.75) is 19.5 Å². The lowest BCUT2D eigenvalue weighted by molar-refractivity contribution is -0.144. The molecule has 3 heterocycles. The minimum atomic E-state index is -0.860. The third-order valence-corrected chi connectivity index (χ3v) is 5.33. The fourth-order valence-corrected chi connectivity index (χ4v) is 3.78. The summed E-state index contributed by atoms with van der Waals surface area (Å²) in [4.78, 5) is 19.5. The van der Waals surface area contributed by atoms with Crippen molar-refractivity contribution in [3.8, 4) is 0 Å². The molecule has 9 heteroatoms. The number of carboxylic acids is 1. The molecule has 1 atom stereocenters. The lowest BCUT2D eigenvalue weighted by Gasteiger charge is -2.37. The standard InChI is InChI=1S/C18H20ClN5O3/c1-11-16(22-27-21-11)10-23-4-6-24(7-5-23)17(18(25)26)14-9-20-15-3-2-12(19)8-13(14)15/h2-3,8-9,17,20H,4-7,10H2,1H3,(H,25,26)/t17-/m1/s1. The Morgan fingerprint density at radius 2 is 2.11 bits per heavy atom. The van der Waals surface area contributed by atoms with Gasteiger partial charge >= 0.3 is 5.97 Å². The Morgan fingerprint density at radius 3 is 2.78 bits per heavy atom. The second-order valence-corrected chi connectivity index (χ2v) is 7.22. The number of fused-ring (bicyclic) bond motifs is 1. The highest BCUT2D eigenvalue weighted by molar-refractivity contribution is 6.31. The molecule has 1 aromatic carbocycles. The maximum absolute atomic E-state index is 12.1. The van der Waals surface area contributed by atoms with E-state index in [2.05, 4.69) is 20.2 Å². The van der Waals surface area contributed by atoms with Crippen molar-refractivity contribution in [3.05, 3.63) is 46.4 Å². The fraction of sp³-hybridized carbons (Fsp3) is 0.389. The summed E-state index contributed by atoms with van der Waals surface area (Å²) in [5, 5.41) is 19.1. The molecule has 2 aromatic heterocycles. The van der Waals surface area contributed by atoms with Gasteiger partial charge in [0.15, 0.2) is 0 Å². The number of aromatic nitrogens is 3. The van der Waals surface area contributed by atoms with Gasteiger partial charge in [-0.1, -0.05) is 21.9 Å². The van der Waals surface area contributed by atoms with Crippen LogP contribution in [0.5, 0.6) is 0 Å². The van der Waals surface area contributed by atoms with Crippen molar-refractivity contribution in [1.29, 1.82) is 0 Å². The Balaban J connectivity index is 1.51. The van der Waals surface area contributed by atoms with Crippen LogP contribution in [0.1, 0.15) is 23.0 Å². The van der Waals surface area contributed by atoms with Crippen LogP contribution in [0.25, 0.3) is 10.9 Å². The zero-order valence-corrected chi connectivity index (χ0v) is 15.6. The summed E-state index contributed by atoms with van der Waals surface area (Å²) < 4.78 is 4.75. The molecule has 1 aliphatic rings. The number of hydrogen-bond acceptors (Lipinski definition) is 6. The highest BCUT2D eigenvalue weighted by atomic mass is 35.5. The number of halogens is 1. The largest absolute Gasteiger partial charge is 0.480 e. The fourth-order valence-electron chi connectivity index (χ4n) is 3.61. The van der Waals surface area contributed by atoms with Crippen LogP contribution in [0.15, 0.2) is 29.0 Å². The number of carboxylic acid groups (broad SMARTS) is 1. The van der Waals surface area contributed by atoms with Gasteiger partial charge in [-0.25, -0.2) is 4.63 Å². The normalized spacial score (nSPS) is 17.4. The number of nitrogens with zero attached hydrogens (tertiary/aromatic N) is 4. The second-order valence-electron chi connectivity index (χ2n) is 6.78. The molecular weight excluding hydrogens is 370 g/mol. The topological polar surface area (TPSA) is 98.5 Å². The summed E-state index contributed by atoms with van der Waals surface area (Å²) in [6, 6.07) is 4.76. The Bertz CT molecular complexity index is 961. The first-order valence-corrected chi connectivity index (χ1v) is 9.14. The van der Waals surface area contributed by atoms with Crippen LogP contribution < -0.4 is 0 Å². The molecular formula is C18H20ClN5O3. The third-order valence-electron chi connectivity index (χ3n) is 5.10. The van der Waals surface area contributed by atoms with E-state index >= 15 is 0 Å². The highest BCUT2D eigenvalue weighted by Crippen LogP contribution is 2.31. The van der Waals surface area contributed by atoms with Crippen molar-refractivity contribution in [2.75, 3.05) is 26.2 Å². The van der Waals surface area contributed by atoms with Crippen molar-refractivity contribution in [2.24, 2.45) is 0 Å². The molecule has 1 saturated heterocycles. The molecule has 0 saturated carbocycles. The number of benzene rings is 1. The monoisotopic (exact) mass is 389 g/mol. The molecule has 0 aliphatic carbocycles. The maximum Gasteiger partial charge on any atom is 0.325 e. The minimum absolute atomic E-state index is 0.592. The number of carbonyl (C=O) groups is 1. The molecule has 1 fully saturated rings. The van der Waals surface area contributed by atoms with Gasteiger partial charge in [-0.3, -0.25) is 14.6 Å². The van der Waals surface area contributed by atoms with E-state index in [1.807, 2.05) is 24.0 Å². The summed E-state index contributed by atoms with van der Waals surface area (Å²) in [7, 11) is 0. The van der Waals surface area contributed by atoms with Gasteiger partial charge in [-0.15, -0.1) is 0 Å². The molecule has 4 rings (SSSR count). The number of rotatable bonds is 5. The van der Waals surface area contributed by atoms with Crippen LogP contribution in [0.2, 0.25) is 5.02 Å². The minimum Gasteiger partial charge on any atom is -0.480 e. The third kappa shape index (κ3) is 3.55. The molecule has 27 heavy (non-hydrogen) atoms. The molecule has 8 nitrogen and oxygen atoms in total. The van der Waals surface area contributed by atoms with Gasteiger partial charge in [0.25, 0.3) is 0 Å². The second kappa shape index (κ2) is 7.30. The van der Waals surface area contributed by atoms with Gasteiger partial charge in [0.2, 0.25) is 0 Å². The van der Waals surface area contributed by atoms with Crippen LogP contribution in [0.4, 0.5) is 0 Å². The SMILES string of the molecule is Cc1nonc1CN1CCN([C@@H](C(=O)O)c2c[nH]c3ccc(Cl)cc23)CC1. The smallest absolute Gasteiger partial charge is 0.325 e. The Hall–Kier alpha value is -2.42. The number of aryl methyl sites for hydroxylation is 1. The van der Waals surface area contributed by atoms with E-state index in [1.54, 1.807) is 12.3 Å². The van der Waals surface area contributed by atoms with Crippen LogP contribution >= 0.6 is 11.6 Å². The van der Waals surface area contributed by atoms with E-state index in [4.69, 9.17) is 16.2 Å². The van der Waals surface area contributed by atoms with Gasteiger partial charge in [0.1, 0.15) is 17.4 Å². The average molecular weight is 390 g/mol. The maximum atomic E-state index is 12.1. The zero-order chi connectivity index (χ0) is 19.0. The number of aromatic amines is 1. The number of nitrogens with one attached hydrogen (secondary N) is 1. The van der Waals surface area contributed by atoms with Crippen LogP contribution in [0.3, 0.4) is 0 Å². The average Bonchev–Trinajstić information content (AvgIpc) is 3.23. The molecule has 0 amide bonds. The van der Waals surface area contributed by atoms with Gasteiger partial charge in [0.05, 0.1) is 0 Å². The van der Waals surface area contributed by atoms with E-state index in [9.17, 15) is 9.90 Å². The van der Waals surface area contributed by atoms with Gasteiger partial charge in [0, 0.05) is 60.4 Å². The summed E-state index contributed by atoms with van der Waals surface area (Å²) in [5.41, 5.74) is 3.24. The Kier molecular flexibility index (Phi) is 4.86. The molecule has 0 bridgehead atoms. The van der Waals surface area contributed by atoms with Gasteiger partial charge in [-0.2, -0.15) is 0 Å². The Labute approximate surface area is 160 Å². The number of aliphatic carboxylic acids is 1. The van der Waals surface area contributed by atoms with E-state index in [0.29, 0.717) is 24.7 Å². The predicted octanol–water partition coefficient (Wildman–Crippen LogP) is 2.46. The summed E-state index contributed by atoms with van der Waals surface area (Å²) in [5.74, 6) is -0.860. The van der Waals surface area contributed by atoms with E-state index < -0.39 is 12.0 Å². The van der Waals surface area contributed by atoms with Gasteiger partial charge < -0.3 is 10.1 Å². The summed E-state index contributed by atoms with van der Waals surface area (Å²) in [6.07, 6.45) is 1.77. The quantitative estimate of drug-likeness (QED) is 0.691. The van der Waals surface area contributed by atoms with Crippen molar-refractivity contribution in [3.63, 3.8) is 0 Å². The molecule has 0 radical (unpaired) electrons. The van der Waals surface area contributed by atoms with Crippen LogP contribution in [-0.2, 0) is 11.3 Å². The number of piperazine rings is 1. The molecule has 3 aromatic rings.